The number of para-hydroxylation sites is 1. The SMILES string of the molecule is FC(F)F.O=[N+]([O-])c1ccccc1. The summed E-state index contributed by atoms with van der Waals surface area (Å²) in [5, 5.41) is 10.0. The van der Waals surface area contributed by atoms with Crippen molar-refractivity contribution in [2.75, 3.05) is 0 Å². The Morgan fingerprint density at radius 1 is 1.15 bits per heavy atom. The van der Waals surface area contributed by atoms with Crippen molar-refractivity contribution in [1.82, 2.24) is 0 Å². The molecule has 0 heterocycles. The maximum absolute atomic E-state index is 10.0. The molecule has 1 rings (SSSR count). The van der Waals surface area contributed by atoms with E-state index in [2.05, 4.69) is 0 Å². The number of benzene rings is 1. The molecule has 0 unspecified atom stereocenters. The molecule has 6 heteroatoms. The molecular weight excluding hydrogens is 187 g/mol. The van der Waals surface area contributed by atoms with Crippen LogP contribution in [0, 0.1) is 10.1 Å². The number of nitrogens with zero attached hydrogens (tertiary/aromatic N) is 1. The third-order valence-electron chi connectivity index (χ3n) is 0.967. The zero-order chi connectivity index (χ0) is 10.3. The van der Waals surface area contributed by atoms with Gasteiger partial charge in [-0.25, -0.2) is 0 Å². The molecule has 0 spiro atoms. The van der Waals surface area contributed by atoms with E-state index in [0.717, 1.165) is 0 Å². The maximum atomic E-state index is 10.0. The number of non-ortho nitro benzene ring substituents is 1. The van der Waals surface area contributed by atoms with Crippen LogP contribution in [0.25, 0.3) is 0 Å². The number of hydrogen-bond acceptors (Lipinski definition) is 2. The van der Waals surface area contributed by atoms with Crippen LogP contribution in [-0.2, 0) is 0 Å². The van der Waals surface area contributed by atoms with E-state index in [0.29, 0.717) is 0 Å². The van der Waals surface area contributed by atoms with Gasteiger partial charge in [0.2, 0.25) is 0 Å². The van der Waals surface area contributed by atoms with Crippen LogP contribution in [0.2, 0.25) is 0 Å². The molecule has 0 atom stereocenters. The van der Waals surface area contributed by atoms with Crippen molar-refractivity contribution in [3.05, 3.63) is 40.4 Å². The third-order valence-corrected chi connectivity index (χ3v) is 0.967. The van der Waals surface area contributed by atoms with Crippen molar-refractivity contribution in [3.63, 3.8) is 0 Å². The minimum absolute atomic E-state index is 0.137. The van der Waals surface area contributed by atoms with Gasteiger partial charge in [0.05, 0.1) is 4.92 Å². The van der Waals surface area contributed by atoms with Gasteiger partial charge in [-0.15, -0.1) is 0 Å². The van der Waals surface area contributed by atoms with Crippen molar-refractivity contribution < 1.29 is 18.1 Å². The van der Waals surface area contributed by atoms with Crippen molar-refractivity contribution in [2.24, 2.45) is 0 Å². The summed E-state index contributed by atoms with van der Waals surface area (Å²) < 4.78 is 29.0. The normalized spacial score (nSPS) is 8.92. The molecule has 0 saturated heterocycles. The first kappa shape index (κ1) is 11.4. The average Bonchev–Trinajstić information content (AvgIpc) is 2.05. The Balaban J connectivity index is 0.000000310. The van der Waals surface area contributed by atoms with Crippen molar-refractivity contribution in [2.45, 2.75) is 6.68 Å². The van der Waals surface area contributed by atoms with E-state index in [1.54, 1.807) is 18.2 Å². The van der Waals surface area contributed by atoms with Crippen LogP contribution in [0.3, 0.4) is 0 Å². The highest BCUT2D eigenvalue weighted by atomic mass is 19.4. The molecule has 0 saturated carbocycles. The Morgan fingerprint density at radius 3 is 1.77 bits per heavy atom. The number of halogens is 3. The zero-order valence-electron chi connectivity index (χ0n) is 6.36. The average molecular weight is 193 g/mol. The maximum Gasteiger partial charge on any atom is 0.379 e. The first-order valence-electron chi connectivity index (χ1n) is 3.15. The lowest BCUT2D eigenvalue weighted by Crippen LogP contribution is -1.84. The Bertz CT molecular complexity index is 250. The topological polar surface area (TPSA) is 43.1 Å². The Labute approximate surface area is 72.0 Å². The molecule has 0 fully saturated rings. The minimum atomic E-state index is -3.67. The van der Waals surface area contributed by atoms with Crippen LogP contribution in [0.1, 0.15) is 0 Å². The standard InChI is InChI=1S/C6H5NO2.CHF3/c8-7(9)6-4-2-1-3-5-6;2-1(3)4/h1-5H;1H. The Morgan fingerprint density at radius 2 is 1.54 bits per heavy atom. The van der Waals surface area contributed by atoms with E-state index in [1.807, 2.05) is 0 Å². The van der Waals surface area contributed by atoms with Crippen molar-refractivity contribution in [3.8, 4) is 0 Å². The molecule has 13 heavy (non-hydrogen) atoms. The zero-order valence-corrected chi connectivity index (χ0v) is 6.36. The highest BCUT2D eigenvalue weighted by Crippen LogP contribution is 2.06. The van der Waals surface area contributed by atoms with Crippen LogP contribution in [0.4, 0.5) is 18.9 Å². The first-order valence-corrected chi connectivity index (χ1v) is 3.15. The van der Waals surface area contributed by atoms with E-state index in [9.17, 15) is 23.3 Å². The second-order valence-electron chi connectivity index (χ2n) is 1.84. The number of alkyl halides is 3. The fraction of sp³-hybridized carbons (Fsp3) is 0.143. The number of rotatable bonds is 1. The van der Waals surface area contributed by atoms with E-state index in [1.165, 1.54) is 12.1 Å². The molecule has 0 aromatic heterocycles. The van der Waals surface area contributed by atoms with Gasteiger partial charge in [-0.3, -0.25) is 10.1 Å². The first-order chi connectivity index (χ1) is 6.04. The second-order valence-corrected chi connectivity index (χ2v) is 1.84. The smallest absolute Gasteiger partial charge is 0.258 e. The van der Waals surface area contributed by atoms with Gasteiger partial charge >= 0.3 is 6.68 Å². The molecular formula is C7H6F3NO2. The van der Waals surface area contributed by atoms with Gasteiger partial charge in [0.15, 0.2) is 0 Å². The molecule has 0 N–H and O–H groups in total. The van der Waals surface area contributed by atoms with Crippen LogP contribution in [0.15, 0.2) is 30.3 Å². The Hall–Kier alpha value is -1.59. The number of nitro groups is 1. The van der Waals surface area contributed by atoms with Gasteiger partial charge in [0, 0.05) is 12.1 Å². The van der Waals surface area contributed by atoms with Crippen LogP contribution in [0.5, 0.6) is 0 Å². The van der Waals surface area contributed by atoms with Crippen LogP contribution in [-0.4, -0.2) is 11.6 Å². The predicted molar refractivity (Wildman–Crippen MR) is 40.2 cm³/mol. The number of nitro benzene ring substituents is 1. The highest BCUT2D eigenvalue weighted by Gasteiger charge is 1.98. The summed E-state index contributed by atoms with van der Waals surface area (Å²) in [6.07, 6.45) is 0. The molecule has 72 valence electrons. The third kappa shape index (κ3) is 6.79. The van der Waals surface area contributed by atoms with Gasteiger partial charge in [-0.1, -0.05) is 18.2 Å². The molecule has 3 nitrogen and oxygen atoms in total. The van der Waals surface area contributed by atoms with Crippen LogP contribution >= 0.6 is 0 Å². The molecule has 1 aromatic rings. The largest absolute Gasteiger partial charge is 0.379 e. The predicted octanol–water partition coefficient (Wildman–Crippen LogP) is 2.77. The summed E-state index contributed by atoms with van der Waals surface area (Å²) in [4.78, 5) is 9.59. The monoisotopic (exact) mass is 193 g/mol. The molecule has 0 amide bonds. The molecule has 0 aliphatic heterocycles. The van der Waals surface area contributed by atoms with Gasteiger partial charge in [0.1, 0.15) is 0 Å². The number of hydrogen-bond donors (Lipinski definition) is 0. The van der Waals surface area contributed by atoms with Gasteiger partial charge in [-0.2, -0.15) is 13.2 Å². The molecule has 1 aromatic carbocycles. The summed E-state index contributed by atoms with van der Waals surface area (Å²) in [5.74, 6) is 0. The lowest BCUT2D eigenvalue weighted by Gasteiger charge is -1.85. The summed E-state index contributed by atoms with van der Waals surface area (Å²) in [6.45, 7) is -3.67. The Kier molecular flexibility index (Phi) is 5.25. The van der Waals surface area contributed by atoms with Crippen molar-refractivity contribution in [1.29, 1.82) is 0 Å². The summed E-state index contributed by atoms with van der Waals surface area (Å²) in [7, 11) is 0. The van der Waals surface area contributed by atoms with Gasteiger partial charge < -0.3 is 0 Å². The van der Waals surface area contributed by atoms with E-state index < -0.39 is 11.6 Å². The molecule has 0 aliphatic carbocycles. The molecule has 0 aliphatic rings. The van der Waals surface area contributed by atoms with Gasteiger partial charge in [0.25, 0.3) is 5.69 Å². The fourth-order valence-electron chi connectivity index (χ4n) is 0.550. The summed E-state index contributed by atoms with van der Waals surface area (Å²) in [6, 6.07) is 7.93. The quantitative estimate of drug-likeness (QED) is 0.508. The van der Waals surface area contributed by atoms with E-state index >= 15 is 0 Å². The summed E-state index contributed by atoms with van der Waals surface area (Å²) >= 11 is 0. The summed E-state index contributed by atoms with van der Waals surface area (Å²) in [5.41, 5.74) is 0.137. The lowest BCUT2D eigenvalue weighted by molar-refractivity contribution is -0.384. The van der Waals surface area contributed by atoms with E-state index in [4.69, 9.17) is 0 Å². The van der Waals surface area contributed by atoms with E-state index in [-0.39, 0.29) is 5.69 Å². The molecule has 0 radical (unpaired) electrons. The lowest BCUT2D eigenvalue weighted by atomic mass is 10.3. The molecule has 0 bridgehead atoms. The van der Waals surface area contributed by atoms with Crippen molar-refractivity contribution >= 4 is 5.69 Å². The van der Waals surface area contributed by atoms with Gasteiger partial charge in [-0.05, 0) is 0 Å². The highest BCUT2D eigenvalue weighted by molar-refractivity contribution is 5.27. The van der Waals surface area contributed by atoms with Crippen LogP contribution < -0.4 is 0 Å². The fourth-order valence-corrected chi connectivity index (χ4v) is 0.550. The second kappa shape index (κ2) is 5.99. The minimum Gasteiger partial charge on any atom is -0.258 e.